The molecule has 2 amide bonds. The van der Waals surface area contributed by atoms with E-state index in [0.717, 1.165) is 39.7 Å². The maximum atomic E-state index is 12.2. The van der Waals surface area contributed by atoms with E-state index >= 15 is 0 Å². The highest BCUT2D eigenvalue weighted by atomic mass is 16.2. The Morgan fingerprint density at radius 3 is 2.68 bits per heavy atom. The fourth-order valence-corrected chi connectivity index (χ4v) is 4.17. The summed E-state index contributed by atoms with van der Waals surface area (Å²) in [6.07, 6.45) is 4.64. The van der Waals surface area contributed by atoms with Crippen LogP contribution in [0.5, 0.6) is 0 Å². The highest BCUT2D eigenvalue weighted by molar-refractivity contribution is 5.85. The van der Waals surface area contributed by atoms with E-state index in [2.05, 4.69) is 29.2 Å². The van der Waals surface area contributed by atoms with Gasteiger partial charge in [-0.2, -0.15) is 0 Å². The lowest BCUT2D eigenvalue weighted by Gasteiger charge is -2.36. The molecule has 1 aliphatic heterocycles. The Morgan fingerprint density at radius 1 is 1.07 bits per heavy atom. The first-order valence-electron chi connectivity index (χ1n) is 9.38. The van der Waals surface area contributed by atoms with Crippen LogP contribution < -0.4 is 5.73 Å². The number of para-hydroxylation sites is 1. The van der Waals surface area contributed by atoms with Crippen molar-refractivity contribution in [2.24, 2.45) is 5.73 Å². The van der Waals surface area contributed by atoms with Crippen molar-refractivity contribution >= 4 is 16.9 Å². The molecule has 1 unspecified atom stereocenters. The normalized spacial score (nSPS) is 16.1. The monoisotopic (exact) mass is 368 g/mol. The molecule has 0 bridgehead atoms. The molecule has 3 heterocycles. The Labute approximate surface area is 162 Å². The smallest absolute Gasteiger partial charge is 0.315 e. The van der Waals surface area contributed by atoms with Crippen molar-refractivity contribution in [3.05, 3.63) is 89.7 Å². The van der Waals surface area contributed by atoms with Gasteiger partial charge < -0.3 is 15.6 Å². The van der Waals surface area contributed by atoms with Gasteiger partial charge in [0, 0.05) is 46.5 Å². The second-order valence-corrected chi connectivity index (χ2v) is 7.11. The largest absolute Gasteiger partial charge is 0.361 e. The highest BCUT2D eigenvalue weighted by Crippen LogP contribution is 2.38. The third-order valence-electron chi connectivity index (χ3n) is 5.52. The predicted molar refractivity (Wildman–Crippen MR) is 110 cm³/mol. The molecule has 5 heteroatoms. The van der Waals surface area contributed by atoms with Crippen LogP contribution in [0.2, 0.25) is 0 Å². The highest BCUT2D eigenvalue weighted by Gasteiger charge is 2.33. The summed E-state index contributed by atoms with van der Waals surface area (Å²) in [5, 5.41) is 1.10. The summed E-state index contributed by atoms with van der Waals surface area (Å²) in [6.45, 7) is 0.588. The fourth-order valence-electron chi connectivity index (χ4n) is 4.17. The lowest BCUT2D eigenvalue weighted by molar-refractivity contribution is 0.190. The van der Waals surface area contributed by atoms with Gasteiger partial charge in [-0.3, -0.25) is 4.98 Å². The quantitative estimate of drug-likeness (QED) is 0.555. The number of rotatable bonds is 2. The van der Waals surface area contributed by atoms with E-state index in [4.69, 9.17) is 10.7 Å². The number of aromatic amines is 1. The van der Waals surface area contributed by atoms with Gasteiger partial charge in [-0.1, -0.05) is 48.5 Å². The minimum Gasteiger partial charge on any atom is -0.361 e. The molecule has 4 aromatic rings. The van der Waals surface area contributed by atoms with Crippen LogP contribution in [-0.2, 0) is 6.42 Å². The number of hydrogen-bond donors (Lipinski definition) is 2. The summed E-state index contributed by atoms with van der Waals surface area (Å²) in [7, 11) is 0. The Morgan fingerprint density at radius 2 is 1.86 bits per heavy atom. The summed E-state index contributed by atoms with van der Waals surface area (Å²) >= 11 is 0. The molecule has 0 fully saturated rings. The topological polar surface area (TPSA) is 75.0 Å². The van der Waals surface area contributed by atoms with Crippen molar-refractivity contribution in [1.29, 1.82) is 0 Å². The minimum atomic E-state index is -0.409. The molecule has 0 saturated heterocycles. The first-order chi connectivity index (χ1) is 13.7. The molecule has 138 valence electrons. The second kappa shape index (κ2) is 6.53. The summed E-state index contributed by atoms with van der Waals surface area (Å²) in [5.41, 5.74) is 12.1. The number of aromatic nitrogens is 2. The first kappa shape index (κ1) is 16.6. The van der Waals surface area contributed by atoms with Crippen LogP contribution in [0, 0.1) is 0 Å². The molecule has 28 heavy (non-hydrogen) atoms. The van der Waals surface area contributed by atoms with E-state index in [0.29, 0.717) is 6.54 Å². The minimum absolute atomic E-state index is 0.241. The van der Waals surface area contributed by atoms with Gasteiger partial charge in [0.1, 0.15) is 0 Å². The zero-order chi connectivity index (χ0) is 19.1. The third-order valence-corrected chi connectivity index (χ3v) is 5.52. The molecule has 1 atom stereocenters. The average molecular weight is 368 g/mol. The van der Waals surface area contributed by atoms with Gasteiger partial charge >= 0.3 is 6.03 Å². The molecule has 5 rings (SSSR count). The van der Waals surface area contributed by atoms with E-state index < -0.39 is 6.03 Å². The Kier molecular flexibility index (Phi) is 3.86. The van der Waals surface area contributed by atoms with E-state index in [9.17, 15) is 4.79 Å². The number of benzene rings is 2. The number of amides is 2. The molecule has 3 N–H and O–H groups in total. The number of H-pyrrole nitrogens is 1. The number of carbonyl (C=O) groups excluding carboxylic acids is 1. The first-order valence-corrected chi connectivity index (χ1v) is 9.38. The molecule has 1 aliphatic rings. The van der Waals surface area contributed by atoms with Crippen molar-refractivity contribution in [3.8, 4) is 11.3 Å². The van der Waals surface area contributed by atoms with Gasteiger partial charge in [0.05, 0.1) is 11.7 Å². The van der Waals surface area contributed by atoms with Crippen molar-refractivity contribution in [2.75, 3.05) is 6.54 Å². The lowest BCUT2D eigenvalue weighted by atomic mass is 9.88. The fraction of sp³-hybridized carbons (Fsp3) is 0.130. The molecule has 0 aliphatic carbocycles. The number of fused-ring (bicyclic) bond motifs is 2. The number of pyridine rings is 1. The second-order valence-electron chi connectivity index (χ2n) is 7.11. The number of urea groups is 1. The average Bonchev–Trinajstić information content (AvgIpc) is 3.17. The Bertz CT molecular complexity index is 1170. The summed E-state index contributed by atoms with van der Waals surface area (Å²) < 4.78 is 0. The van der Waals surface area contributed by atoms with Crippen molar-refractivity contribution in [2.45, 2.75) is 12.5 Å². The molecular weight excluding hydrogens is 348 g/mol. The lowest BCUT2D eigenvalue weighted by Crippen LogP contribution is -2.43. The van der Waals surface area contributed by atoms with Crippen molar-refractivity contribution in [1.82, 2.24) is 14.9 Å². The number of hydrogen-bond acceptors (Lipinski definition) is 2. The Balaban J connectivity index is 1.66. The van der Waals surface area contributed by atoms with Crippen molar-refractivity contribution < 1.29 is 4.79 Å². The van der Waals surface area contributed by atoms with Gasteiger partial charge in [-0.15, -0.1) is 0 Å². The standard InChI is InChI=1S/C23H20N4O/c24-23(28)27-11-10-16-12-21(15-6-2-1-3-7-15)26-13-18(16)22(27)19-14-25-20-9-5-4-8-17(19)20/h1-9,12-14,22,25H,10-11H2,(H2,24,28). The maximum Gasteiger partial charge on any atom is 0.315 e. The molecule has 0 spiro atoms. The zero-order valence-corrected chi connectivity index (χ0v) is 15.3. The van der Waals surface area contributed by atoms with Crippen LogP contribution in [0.4, 0.5) is 4.79 Å². The number of carbonyl (C=O) groups is 1. The van der Waals surface area contributed by atoms with Crippen LogP contribution in [0.25, 0.3) is 22.2 Å². The molecule has 2 aromatic heterocycles. The SMILES string of the molecule is NC(=O)N1CCc2cc(-c3ccccc3)ncc2C1c1c[nH]c2ccccc12. The van der Waals surface area contributed by atoms with Gasteiger partial charge in [-0.05, 0) is 24.1 Å². The Hall–Kier alpha value is -3.60. The number of nitrogens with zero attached hydrogens (tertiary/aromatic N) is 2. The van der Waals surface area contributed by atoms with Crippen LogP contribution in [-0.4, -0.2) is 27.4 Å². The van der Waals surface area contributed by atoms with Crippen LogP contribution >= 0.6 is 0 Å². The van der Waals surface area contributed by atoms with Crippen LogP contribution in [0.15, 0.2) is 73.1 Å². The van der Waals surface area contributed by atoms with E-state index in [1.54, 1.807) is 4.90 Å². The zero-order valence-electron chi connectivity index (χ0n) is 15.3. The van der Waals surface area contributed by atoms with Crippen molar-refractivity contribution in [3.63, 3.8) is 0 Å². The third kappa shape index (κ3) is 2.63. The van der Waals surface area contributed by atoms with Crippen LogP contribution in [0.1, 0.15) is 22.7 Å². The summed E-state index contributed by atoms with van der Waals surface area (Å²) in [5.74, 6) is 0. The molecule has 0 saturated carbocycles. The van der Waals surface area contributed by atoms with Gasteiger partial charge in [0.25, 0.3) is 0 Å². The number of nitrogens with one attached hydrogen (secondary N) is 1. The summed E-state index contributed by atoms with van der Waals surface area (Å²) in [4.78, 5) is 22.0. The van der Waals surface area contributed by atoms with E-state index in [1.165, 1.54) is 5.56 Å². The molecule has 0 radical (unpaired) electrons. The van der Waals surface area contributed by atoms with Crippen LogP contribution in [0.3, 0.4) is 0 Å². The van der Waals surface area contributed by atoms with Gasteiger partial charge in [-0.25, -0.2) is 4.79 Å². The van der Waals surface area contributed by atoms with Gasteiger partial charge in [0.2, 0.25) is 0 Å². The number of primary amides is 1. The van der Waals surface area contributed by atoms with E-state index in [-0.39, 0.29) is 6.04 Å². The molecular formula is C23H20N4O. The molecule has 2 aromatic carbocycles. The number of nitrogens with two attached hydrogens (primary N) is 1. The maximum absolute atomic E-state index is 12.2. The van der Waals surface area contributed by atoms with Gasteiger partial charge in [0.15, 0.2) is 0 Å². The van der Waals surface area contributed by atoms with E-state index in [1.807, 2.05) is 48.8 Å². The summed E-state index contributed by atoms with van der Waals surface area (Å²) in [6, 6.07) is 19.8. The molecule has 5 nitrogen and oxygen atoms in total. The predicted octanol–water partition coefficient (Wildman–Crippen LogP) is 4.26.